The molecule has 0 amide bonds. The lowest BCUT2D eigenvalue weighted by molar-refractivity contribution is -0.153. The minimum Gasteiger partial charge on any atom is -0.483 e. The van der Waals surface area contributed by atoms with Crippen LogP contribution in [0.4, 0.5) is 13.2 Å². The summed E-state index contributed by atoms with van der Waals surface area (Å²) in [6.45, 7) is -1.52. The SMILES string of the molecule is O=C(O)c1c(OCC(F)(F)F)ccc2ccccc12. The van der Waals surface area contributed by atoms with Gasteiger partial charge in [-0.05, 0) is 16.8 Å². The number of halogens is 3. The lowest BCUT2D eigenvalue weighted by atomic mass is 10.0. The summed E-state index contributed by atoms with van der Waals surface area (Å²) in [4.78, 5) is 11.2. The van der Waals surface area contributed by atoms with Gasteiger partial charge in [0, 0.05) is 0 Å². The summed E-state index contributed by atoms with van der Waals surface area (Å²) in [6, 6.07) is 9.28. The molecule has 0 heterocycles. The van der Waals surface area contributed by atoms with Crippen molar-refractivity contribution in [2.24, 2.45) is 0 Å². The van der Waals surface area contributed by atoms with Crippen molar-refractivity contribution < 1.29 is 27.8 Å². The largest absolute Gasteiger partial charge is 0.483 e. The molecular formula is C13H9F3O3. The van der Waals surface area contributed by atoms with Crippen LogP contribution in [-0.4, -0.2) is 23.9 Å². The predicted octanol–water partition coefficient (Wildman–Crippen LogP) is 3.48. The van der Waals surface area contributed by atoms with Gasteiger partial charge < -0.3 is 9.84 Å². The van der Waals surface area contributed by atoms with E-state index in [9.17, 15) is 18.0 Å². The lowest BCUT2D eigenvalue weighted by Crippen LogP contribution is -2.20. The highest BCUT2D eigenvalue weighted by Crippen LogP contribution is 2.29. The topological polar surface area (TPSA) is 46.5 Å². The first-order valence-corrected chi connectivity index (χ1v) is 5.33. The molecule has 0 spiro atoms. The van der Waals surface area contributed by atoms with Crippen molar-refractivity contribution in [2.75, 3.05) is 6.61 Å². The van der Waals surface area contributed by atoms with Crippen molar-refractivity contribution in [3.8, 4) is 5.75 Å². The van der Waals surface area contributed by atoms with Crippen LogP contribution in [0.1, 0.15) is 10.4 Å². The number of rotatable bonds is 3. The second-order valence-electron chi connectivity index (χ2n) is 3.87. The number of carboxylic acid groups (broad SMARTS) is 1. The quantitative estimate of drug-likeness (QED) is 0.928. The monoisotopic (exact) mass is 270 g/mol. The highest BCUT2D eigenvalue weighted by Gasteiger charge is 2.29. The molecule has 2 aromatic rings. The average Bonchev–Trinajstić information content (AvgIpc) is 2.34. The zero-order chi connectivity index (χ0) is 14.0. The maximum atomic E-state index is 12.1. The van der Waals surface area contributed by atoms with Gasteiger partial charge in [0.1, 0.15) is 11.3 Å². The molecule has 1 N–H and O–H groups in total. The fourth-order valence-electron chi connectivity index (χ4n) is 1.75. The van der Waals surface area contributed by atoms with Gasteiger partial charge in [0.25, 0.3) is 0 Å². The molecule has 3 nitrogen and oxygen atoms in total. The molecule has 0 aliphatic rings. The van der Waals surface area contributed by atoms with Crippen LogP contribution in [0.25, 0.3) is 10.8 Å². The molecule has 0 bridgehead atoms. The first kappa shape index (κ1) is 13.2. The van der Waals surface area contributed by atoms with Gasteiger partial charge >= 0.3 is 12.1 Å². The minimum atomic E-state index is -4.51. The Morgan fingerprint density at radius 1 is 1.16 bits per heavy atom. The average molecular weight is 270 g/mol. The van der Waals surface area contributed by atoms with E-state index in [4.69, 9.17) is 5.11 Å². The second-order valence-corrected chi connectivity index (χ2v) is 3.87. The third-order valence-electron chi connectivity index (χ3n) is 2.50. The summed E-state index contributed by atoms with van der Waals surface area (Å²) >= 11 is 0. The summed E-state index contributed by atoms with van der Waals surface area (Å²) in [5, 5.41) is 10.1. The molecular weight excluding hydrogens is 261 g/mol. The van der Waals surface area contributed by atoms with Crippen molar-refractivity contribution in [2.45, 2.75) is 6.18 Å². The Morgan fingerprint density at radius 3 is 2.47 bits per heavy atom. The van der Waals surface area contributed by atoms with Gasteiger partial charge in [-0.2, -0.15) is 13.2 Å². The molecule has 0 saturated heterocycles. The number of carbonyl (C=O) groups is 1. The summed E-state index contributed by atoms with van der Waals surface area (Å²) in [5.74, 6) is -1.61. The fourth-order valence-corrected chi connectivity index (χ4v) is 1.75. The van der Waals surface area contributed by atoms with Gasteiger partial charge in [0.2, 0.25) is 0 Å². The van der Waals surface area contributed by atoms with Crippen molar-refractivity contribution >= 4 is 16.7 Å². The van der Waals surface area contributed by atoms with E-state index in [1.54, 1.807) is 18.2 Å². The maximum absolute atomic E-state index is 12.1. The maximum Gasteiger partial charge on any atom is 0.422 e. The zero-order valence-corrected chi connectivity index (χ0v) is 9.57. The normalized spacial score (nSPS) is 11.5. The smallest absolute Gasteiger partial charge is 0.422 e. The van der Waals surface area contributed by atoms with E-state index in [0.29, 0.717) is 10.8 Å². The first-order valence-electron chi connectivity index (χ1n) is 5.33. The Bertz CT molecular complexity index is 620. The van der Waals surface area contributed by atoms with E-state index in [-0.39, 0.29) is 11.3 Å². The van der Waals surface area contributed by atoms with Crippen LogP contribution in [0.5, 0.6) is 5.75 Å². The number of aromatic carboxylic acids is 1. The Balaban J connectivity index is 2.49. The van der Waals surface area contributed by atoms with Crippen LogP contribution in [0.3, 0.4) is 0 Å². The van der Waals surface area contributed by atoms with Gasteiger partial charge in [0.15, 0.2) is 6.61 Å². The standard InChI is InChI=1S/C13H9F3O3/c14-13(15,16)7-19-10-6-5-8-3-1-2-4-9(8)11(10)12(17)18/h1-6H,7H2,(H,17,18). The number of ether oxygens (including phenoxy) is 1. The Morgan fingerprint density at radius 2 is 1.84 bits per heavy atom. The van der Waals surface area contributed by atoms with Crippen LogP contribution < -0.4 is 4.74 Å². The molecule has 0 radical (unpaired) electrons. The van der Waals surface area contributed by atoms with E-state index < -0.39 is 18.8 Å². The van der Waals surface area contributed by atoms with Crippen LogP contribution in [-0.2, 0) is 0 Å². The molecule has 100 valence electrons. The van der Waals surface area contributed by atoms with E-state index in [1.165, 1.54) is 18.2 Å². The van der Waals surface area contributed by atoms with E-state index in [2.05, 4.69) is 4.74 Å². The molecule has 0 fully saturated rings. The molecule has 0 atom stereocenters. The van der Waals surface area contributed by atoms with Crippen LogP contribution in [0.2, 0.25) is 0 Å². The Kier molecular flexibility index (Phi) is 3.33. The van der Waals surface area contributed by atoms with Crippen LogP contribution in [0, 0.1) is 0 Å². The number of fused-ring (bicyclic) bond motifs is 1. The summed E-state index contributed by atoms with van der Waals surface area (Å²) in [7, 11) is 0. The molecule has 6 heteroatoms. The number of benzene rings is 2. The van der Waals surface area contributed by atoms with Crippen LogP contribution in [0.15, 0.2) is 36.4 Å². The molecule has 0 unspecified atom stereocenters. The zero-order valence-electron chi connectivity index (χ0n) is 9.57. The Labute approximate surface area is 106 Å². The summed E-state index contributed by atoms with van der Waals surface area (Å²) in [6.07, 6.45) is -4.51. The number of hydrogen-bond donors (Lipinski definition) is 1. The number of carboxylic acids is 1. The van der Waals surface area contributed by atoms with Crippen molar-refractivity contribution in [3.63, 3.8) is 0 Å². The number of hydrogen-bond acceptors (Lipinski definition) is 2. The molecule has 19 heavy (non-hydrogen) atoms. The highest BCUT2D eigenvalue weighted by atomic mass is 19.4. The van der Waals surface area contributed by atoms with E-state index >= 15 is 0 Å². The van der Waals surface area contributed by atoms with Gasteiger partial charge in [-0.1, -0.05) is 30.3 Å². The summed E-state index contributed by atoms with van der Waals surface area (Å²) in [5.41, 5.74) is -0.262. The third-order valence-corrected chi connectivity index (χ3v) is 2.50. The molecule has 0 aromatic heterocycles. The van der Waals surface area contributed by atoms with Crippen molar-refractivity contribution in [1.82, 2.24) is 0 Å². The minimum absolute atomic E-state index is 0.262. The highest BCUT2D eigenvalue weighted by molar-refractivity contribution is 6.06. The molecule has 0 aliphatic heterocycles. The van der Waals surface area contributed by atoms with Gasteiger partial charge in [0.05, 0.1) is 0 Å². The second kappa shape index (κ2) is 4.79. The van der Waals surface area contributed by atoms with Crippen molar-refractivity contribution in [1.29, 1.82) is 0 Å². The van der Waals surface area contributed by atoms with Crippen molar-refractivity contribution in [3.05, 3.63) is 42.0 Å². The summed E-state index contributed by atoms with van der Waals surface area (Å²) < 4.78 is 40.9. The lowest BCUT2D eigenvalue weighted by Gasteiger charge is -2.13. The number of alkyl halides is 3. The van der Waals surface area contributed by atoms with Crippen LogP contribution >= 0.6 is 0 Å². The Hall–Kier alpha value is -2.24. The fraction of sp³-hybridized carbons (Fsp3) is 0.154. The van der Waals surface area contributed by atoms with E-state index in [1.807, 2.05) is 0 Å². The molecule has 2 aromatic carbocycles. The predicted molar refractivity (Wildman–Crippen MR) is 62.5 cm³/mol. The van der Waals surface area contributed by atoms with E-state index in [0.717, 1.165) is 0 Å². The molecule has 0 saturated carbocycles. The van der Waals surface area contributed by atoms with Gasteiger partial charge in [-0.25, -0.2) is 4.79 Å². The first-order chi connectivity index (χ1) is 8.88. The third kappa shape index (κ3) is 2.96. The molecule has 0 aliphatic carbocycles. The van der Waals surface area contributed by atoms with Gasteiger partial charge in [-0.3, -0.25) is 0 Å². The van der Waals surface area contributed by atoms with Gasteiger partial charge in [-0.15, -0.1) is 0 Å². The molecule has 2 rings (SSSR count).